The number of rotatable bonds is 4. The summed E-state index contributed by atoms with van der Waals surface area (Å²) in [6.45, 7) is 6.01. The van der Waals surface area contributed by atoms with Crippen LogP contribution in [0, 0.1) is 13.8 Å². The first-order chi connectivity index (χ1) is 7.49. The van der Waals surface area contributed by atoms with Crippen molar-refractivity contribution >= 4 is 22.5 Å². The SMILES string of the molecule is Cc1nc(NC(=O)NCC[C@@H](C)O)sc1C. The van der Waals surface area contributed by atoms with Crippen molar-refractivity contribution in [1.82, 2.24) is 10.3 Å². The quantitative estimate of drug-likeness (QED) is 0.752. The standard InChI is InChI=1S/C10H17N3O2S/c1-6(14)4-5-11-9(15)13-10-12-7(2)8(3)16-10/h6,14H,4-5H2,1-3H3,(H2,11,12,13,15)/t6-/m1/s1. The van der Waals surface area contributed by atoms with Crippen molar-refractivity contribution < 1.29 is 9.90 Å². The molecule has 3 N–H and O–H groups in total. The van der Waals surface area contributed by atoms with Crippen LogP contribution in [0.1, 0.15) is 23.9 Å². The van der Waals surface area contributed by atoms with Crippen molar-refractivity contribution in [3.8, 4) is 0 Å². The summed E-state index contributed by atoms with van der Waals surface area (Å²) in [6.07, 6.45) is 0.147. The molecular weight excluding hydrogens is 226 g/mol. The third-order valence-corrected chi connectivity index (χ3v) is 3.08. The summed E-state index contributed by atoms with van der Waals surface area (Å²) in [5.74, 6) is 0. The molecule has 0 aromatic carbocycles. The Morgan fingerprint density at radius 3 is 2.75 bits per heavy atom. The molecule has 0 radical (unpaired) electrons. The number of aliphatic hydroxyl groups is 1. The normalized spacial score (nSPS) is 12.2. The predicted octanol–water partition coefficient (Wildman–Crippen LogP) is 1.65. The maximum absolute atomic E-state index is 11.4. The van der Waals surface area contributed by atoms with Gasteiger partial charge in [0, 0.05) is 11.4 Å². The predicted molar refractivity (Wildman–Crippen MR) is 64.9 cm³/mol. The number of nitrogens with zero attached hydrogens (tertiary/aromatic N) is 1. The first-order valence-electron chi connectivity index (χ1n) is 5.16. The van der Waals surface area contributed by atoms with E-state index in [4.69, 9.17) is 5.11 Å². The summed E-state index contributed by atoms with van der Waals surface area (Å²) in [5, 5.41) is 14.9. The number of hydrogen-bond acceptors (Lipinski definition) is 4. The minimum Gasteiger partial charge on any atom is -0.393 e. The summed E-state index contributed by atoms with van der Waals surface area (Å²) >= 11 is 1.45. The number of thiazole rings is 1. The minimum absolute atomic E-state index is 0.283. The zero-order chi connectivity index (χ0) is 12.1. The Morgan fingerprint density at radius 2 is 2.25 bits per heavy atom. The van der Waals surface area contributed by atoms with Gasteiger partial charge < -0.3 is 10.4 Å². The Hall–Kier alpha value is -1.14. The summed E-state index contributed by atoms with van der Waals surface area (Å²) < 4.78 is 0. The second-order valence-electron chi connectivity index (χ2n) is 3.68. The van der Waals surface area contributed by atoms with Crippen LogP contribution in [-0.4, -0.2) is 28.8 Å². The van der Waals surface area contributed by atoms with E-state index >= 15 is 0 Å². The highest BCUT2D eigenvalue weighted by Crippen LogP contribution is 2.20. The molecule has 1 heterocycles. The molecule has 90 valence electrons. The first-order valence-corrected chi connectivity index (χ1v) is 5.97. The molecule has 6 heteroatoms. The maximum atomic E-state index is 11.4. The van der Waals surface area contributed by atoms with Crippen molar-refractivity contribution in [3.63, 3.8) is 0 Å². The van der Waals surface area contributed by atoms with Gasteiger partial charge >= 0.3 is 6.03 Å². The number of amides is 2. The van der Waals surface area contributed by atoms with E-state index in [1.54, 1.807) is 6.92 Å². The number of nitrogens with one attached hydrogen (secondary N) is 2. The molecule has 0 aliphatic rings. The molecule has 2 amide bonds. The third kappa shape index (κ3) is 4.16. The number of hydrogen-bond donors (Lipinski definition) is 3. The molecule has 0 spiro atoms. The van der Waals surface area contributed by atoms with Crippen LogP contribution < -0.4 is 10.6 Å². The molecule has 0 aliphatic carbocycles. The molecule has 0 saturated heterocycles. The van der Waals surface area contributed by atoms with Gasteiger partial charge in [-0.1, -0.05) is 0 Å². The average molecular weight is 243 g/mol. The molecule has 5 nitrogen and oxygen atoms in total. The zero-order valence-electron chi connectivity index (χ0n) is 9.70. The van der Waals surface area contributed by atoms with Gasteiger partial charge in [-0.15, -0.1) is 11.3 Å². The van der Waals surface area contributed by atoms with Crippen molar-refractivity contribution in [1.29, 1.82) is 0 Å². The molecule has 1 aromatic heterocycles. The number of aliphatic hydroxyl groups excluding tert-OH is 1. The Kier molecular flexibility index (Phi) is 4.70. The van der Waals surface area contributed by atoms with Crippen molar-refractivity contribution in [2.45, 2.75) is 33.3 Å². The molecule has 16 heavy (non-hydrogen) atoms. The van der Waals surface area contributed by atoms with E-state index in [0.717, 1.165) is 10.6 Å². The molecule has 0 aliphatic heterocycles. The van der Waals surface area contributed by atoms with Crippen LogP contribution in [0.3, 0.4) is 0 Å². The average Bonchev–Trinajstić information content (AvgIpc) is 2.44. The Bertz CT molecular complexity index is 343. The monoisotopic (exact) mass is 243 g/mol. The second-order valence-corrected chi connectivity index (χ2v) is 4.88. The number of carbonyl (C=O) groups is 1. The summed E-state index contributed by atoms with van der Waals surface area (Å²) in [5.41, 5.74) is 0.935. The van der Waals surface area contributed by atoms with Crippen LogP contribution in [0.25, 0.3) is 0 Å². The highest BCUT2D eigenvalue weighted by molar-refractivity contribution is 7.15. The van der Waals surface area contributed by atoms with Gasteiger partial charge in [0.1, 0.15) is 0 Å². The van der Waals surface area contributed by atoms with E-state index in [1.807, 2.05) is 13.8 Å². The Balaban J connectivity index is 2.34. The molecular formula is C10H17N3O2S. The van der Waals surface area contributed by atoms with Gasteiger partial charge in [-0.25, -0.2) is 9.78 Å². The van der Waals surface area contributed by atoms with Gasteiger partial charge in [-0.05, 0) is 27.2 Å². The van der Waals surface area contributed by atoms with Crippen molar-refractivity contribution in [3.05, 3.63) is 10.6 Å². The lowest BCUT2D eigenvalue weighted by Gasteiger charge is -2.06. The lowest BCUT2D eigenvalue weighted by Crippen LogP contribution is -2.30. The molecule has 1 aromatic rings. The third-order valence-electron chi connectivity index (χ3n) is 2.10. The van der Waals surface area contributed by atoms with Crippen LogP contribution in [0.15, 0.2) is 0 Å². The lowest BCUT2D eigenvalue weighted by atomic mass is 10.3. The lowest BCUT2D eigenvalue weighted by molar-refractivity contribution is 0.184. The molecule has 1 atom stereocenters. The van der Waals surface area contributed by atoms with Crippen LogP contribution in [0.4, 0.5) is 9.93 Å². The van der Waals surface area contributed by atoms with Gasteiger partial charge in [0.25, 0.3) is 0 Å². The molecule has 0 unspecified atom stereocenters. The second kappa shape index (κ2) is 5.81. The van der Waals surface area contributed by atoms with Gasteiger partial charge in [-0.2, -0.15) is 0 Å². The van der Waals surface area contributed by atoms with E-state index in [1.165, 1.54) is 11.3 Å². The number of urea groups is 1. The number of aryl methyl sites for hydroxylation is 2. The van der Waals surface area contributed by atoms with Crippen LogP contribution in [0.2, 0.25) is 0 Å². The van der Waals surface area contributed by atoms with Crippen molar-refractivity contribution in [2.75, 3.05) is 11.9 Å². The highest BCUT2D eigenvalue weighted by atomic mass is 32.1. The van der Waals surface area contributed by atoms with Gasteiger partial charge in [0.15, 0.2) is 5.13 Å². The Morgan fingerprint density at radius 1 is 1.56 bits per heavy atom. The topological polar surface area (TPSA) is 74.2 Å². The zero-order valence-corrected chi connectivity index (χ0v) is 10.5. The van der Waals surface area contributed by atoms with E-state index in [2.05, 4.69) is 15.6 Å². The van der Waals surface area contributed by atoms with Gasteiger partial charge in [0.05, 0.1) is 11.8 Å². The van der Waals surface area contributed by atoms with E-state index < -0.39 is 6.10 Å². The van der Waals surface area contributed by atoms with Crippen LogP contribution >= 0.6 is 11.3 Å². The molecule has 0 saturated carbocycles. The summed E-state index contributed by atoms with van der Waals surface area (Å²) in [6, 6.07) is -0.283. The van der Waals surface area contributed by atoms with Crippen LogP contribution in [-0.2, 0) is 0 Å². The summed E-state index contributed by atoms with van der Waals surface area (Å²) in [7, 11) is 0. The highest BCUT2D eigenvalue weighted by Gasteiger charge is 2.07. The fourth-order valence-electron chi connectivity index (χ4n) is 1.06. The summed E-state index contributed by atoms with van der Waals surface area (Å²) in [4.78, 5) is 16.7. The van der Waals surface area contributed by atoms with Gasteiger partial charge in [0.2, 0.25) is 0 Å². The largest absolute Gasteiger partial charge is 0.393 e. The number of carbonyl (C=O) groups excluding carboxylic acids is 1. The fraction of sp³-hybridized carbons (Fsp3) is 0.600. The van der Waals surface area contributed by atoms with Crippen molar-refractivity contribution in [2.24, 2.45) is 0 Å². The number of aromatic nitrogens is 1. The molecule has 1 rings (SSSR count). The van der Waals surface area contributed by atoms with E-state index in [9.17, 15) is 4.79 Å². The smallest absolute Gasteiger partial charge is 0.321 e. The minimum atomic E-state index is -0.398. The van der Waals surface area contributed by atoms with E-state index in [-0.39, 0.29) is 6.03 Å². The molecule has 0 fully saturated rings. The first kappa shape index (κ1) is 12.9. The fourth-order valence-corrected chi connectivity index (χ4v) is 1.87. The van der Waals surface area contributed by atoms with Crippen LogP contribution in [0.5, 0.6) is 0 Å². The molecule has 0 bridgehead atoms. The maximum Gasteiger partial charge on any atom is 0.321 e. The number of anilines is 1. The Labute approximate surface area is 98.9 Å². The van der Waals surface area contributed by atoms with E-state index in [0.29, 0.717) is 18.1 Å². The van der Waals surface area contributed by atoms with Gasteiger partial charge in [-0.3, -0.25) is 5.32 Å².